The van der Waals surface area contributed by atoms with Crippen LogP contribution >= 0.6 is 0 Å². The van der Waals surface area contributed by atoms with Gasteiger partial charge in [0.05, 0.1) is 18.7 Å². The van der Waals surface area contributed by atoms with Crippen molar-refractivity contribution in [2.24, 2.45) is 11.8 Å². The van der Waals surface area contributed by atoms with E-state index in [0.717, 1.165) is 12.8 Å². The van der Waals surface area contributed by atoms with Gasteiger partial charge in [-0.05, 0) is 31.6 Å². The molecule has 1 aliphatic carbocycles. The van der Waals surface area contributed by atoms with E-state index in [1.54, 1.807) is 17.1 Å². The highest BCUT2D eigenvalue weighted by atomic mass is 16.4. The third-order valence-corrected chi connectivity index (χ3v) is 3.85. The number of rotatable bonds is 6. The molecule has 21 heavy (non-hydrogen) atoms. The number of carbonyl (C=O) groups excluding carboxylic acids is 1. The number of urea groups is 1. The van der Waals surface area contributed by atoms with Crippen LogP contribution in [0.3, 0.4) is 0 Å². The minimum Gasteiger partial charge on any atom is -0.481 e. The van der Waals surface area contributed by atoms with E-state index in [0.29, 0.717) is 38.4 Å². The van der Waals surface area contributed by atoms with Crippen LogP contribution in [0.25, 0.3) is 0 Å². The van der Waals surface area contributed by atoms with Crippen LogP contribution in [0.4, 0.5) is 4.79 Å². The Balaban J connectivity index is 1.56. The van der Waals surface area contributed by atoms with E-state index in [2.05, 4.69) is 20.9 Å². The second-order valence-electron chi connectivity index (χ2n) is 5.36. The topological polar surface area (TPSA) is 109 Å². The molecule has 116 valence electrons. The van der Waals surface area contributed by atoms with Gasteiger partial charge in [0.25, 0.3) is 0 Å². The molecule has 1 aromatic heterocycles. The fourth-order valence-electron chi connectivity index (χ4n) is 2.55. The zero-order valence-electron chi connectivity index (χ0n) is 11.9. The second kappa shape index (κ2) is 7.61. The summed E-state index contributed by atoms with van der Waals surface area (Å²) in [6.45, 7) is 1.67. The highest BCUT2D eigenvalue weighted by Gasteiger charge is 2.25. The number of carbonyl (C=O) groups is 2. The van der Waals surface area contributed by atoms with Crippen LogP contribution in [-0.2, 0) is 11.3 Å². The Labute approximate surface area is 122 Å². The van der Waals surface area contributed by atoms with Crippen molar-refractivity contribution in [3.63, 3.8) is 0 Å². The molecule has 3 N–H and O–H groups in total. The molecule has 0 aromatic carbocycles. The maximum absolute atomic E-state index is 11.6. The minimum absolute atomic E-state index is 0.199. The number of nitrogens with zero attached hydrogens (tertiary/aromatic N) is 3. The van der Waals surface area contributed by atoms with E-state index in [1.165, 1.54) is 0 Å². The molecule has 1 heterocycles. The molecular formula is C13H21N5O3. The van der Waals surface area contributed by atoms with Gasteiger partial charge in [-0.2, -0.15) is 0 Å². The monoisotopic (exact) mass is 295 g/mol. The smallest absolute Gasteiger partial charge is 0.314 e. The SMILES string of the molecule is O=C(NCCn1ccnn1)NCC1CCC(C(=O)O)CC1. The Morgan fingerprint density at radius 3 is 2.62 bits per heavy atom. The number of aliphatic carboxylic acids is 1. The molecule has 0 aliphatic heterocycles. The first-order valence-electron chi connectivity index (χ1n) is 7.23. The molecule has 0 spiro atoms. The summed E-state index contributed by atoms with van der Waals surface area (Å²) < 4.78 is 1.65. The van der Waals surface area contributed by atoms with Gasteiger partial charge in [0, 0.05) is 19.3 Å². The Morgan fingerprint density at radius 1 is 1.24 bits per heavy atom. The molecule has 1 saturated carbocycles. The second-order valence-corrected chi connectivity index (χ2v) is 5.36. The summed E-state index contributed by atoms with van der Waals surface area (Å²) in [4.78, 5) is 22.5. The standard InChI is InChI=1S/C13H21N5O3/c19-12(20)11-3-1-10(2-4-11)9-15-13(21)14-5-7-18-8-6-16-17-18/h6,8,10-11H,1-5,7,9H2,(H,19,20)(H2,14,15,21). The quantitative estimate of drug-likeness (QED) is 0.706. The Morgan fingerprint density at radius 2 is 2.00 bits per heavy atom. The molecular weight excluding hydrogens is 274 g/mol. The number of amides is 2. The molecule has 0 atom stereocenters. The molecule has 2 rings (SSSR count). The van der Waals surface area contributed by atoms with E-state index in [9.17, 15) is 9.59 Å². The van der Waals surface area contributed by atoms with Crippen LogP contribution in [0.1, 0.15) is 25.7 Å². The lowest BCUT2D eigenvalue weighted by molar-refractivity contribution is -0.143. The highest BCUT2D eigenvalue weighted by molar-refractivity contribution is 5.73. The Hall–Kier alpha value is -2.12. The van der Waals surface area contributed by atoms with E-state index in [1.807, 2.05) is 0 Å². The maximum Gasteiger partial charge on any atom is 0.314 e. The molecule has 1 fully saturated rings. The van der Waals surface area contributed by atoms with Gasteiger partial charge in [-0.3, -0.25) is 9.48 Å². The van der Waals surface area contributed by atoms with Gasteiger partial charge in [0.2, 0.25) is 0 Å². The first-order valence-corrected chi connectivity index (χ1v) is 7.23. The minimum atomic E-state index is -0.702. The van der Waals surface area contributed by atoms with Crippen molar-refractivity contribution in [2.75, 3.05) is 13.1 Å². The zero-order chi connectivity index (χ0) is 15.1. The average Bonchev–Trinajstić information content (AvgIpc) is 2.99. The summed E-state index contributed by atoms with van der Waals surface area (Å²) in [5, 5.41) is 22.0. The number of hydrogen-bond acceptors (Lipinski definition) is 4. The fraction of sp³-hybridized carbons (Fsp3) is 0.692. The van der Waals surface area contributed by atoms with Gasteiger partial charge in [-0.1, -0.05) is 5.21 Å². The van der Waals surface area contributed by atoms with Crippen molar-refractivity contribution in [3.8, 4) is 0 Å². The molecule has 0 bridgehead atoms. The fourth-order valence-corrected chi connectivity index (χ4v) is 2.55. The van der Waals surface area contributed by atoms with Crippen LogP contribution in [-0.4, -0.2) is 45.2 Å². The van der Waals surface area contributed by atoms with E-state index in [4.69, 9.17) is 5.11 Å². The number of carboxylic acid groups (broad SMARTS) is 1. The number of aromatic nitrogens is 3. The van der Waals surface area contributed by atoms with Crippen LogP contribution in [0, 0.1) is 11.8 Å². The number of hydrogen-bond donors (Lipinski definition) is 3. The average molecular weight is 295 g/mol. The Kier molecular flexibility index (Phi) is 5.53. The number of nitrogens with one attached hydrogen (secondary N) is 2. The van der Waals surface area contributed by atoms with Crippen LogP contribution in [0.15, 0.2) is 12.4 Å². The van der Waals surface area contributed by atoms with Crippen LogP contribution < -0.4 is 10.6 Å². The zero-order valence-corrected chi connectivity index (χ0v) is 11.9. The summed E-state index contributed by atoms with van der Waals surface area (Å²) in [7, 11) is 0. The predicted octanol–water partition coefficient (Wildman–Crippen LogP) is 0.468. The molecule has 0 unspecified atom stereocenters. The first-order chi connectivity index (χ1) is 10.1. The van der Waals surface area contributed by atoms with Crippen molar-refractivity contribution in [1.82, 2.24) is 25.6 Å². The molecule has 2 amide bonds. The molecule has 8 heteroatoms. The highest BCUT2D eigenvalue weighted by Crippen LogP contribution is 2.28. The maximum atomic E-state index is 11.6. The van der Waals surface area contributed by atoms with Crippen molar-refractivity contribution in [3.05, 3.63) is 12.4 Å². The molecule has 1 aliphatic rings. The predicted molar refractivity (Wildman–Crippen MR) is 74.5 cm³/mol. The summed E-state index contributed by atoms with van der Waals surface area (Å²) in [5.41, 5.74) is 0. The number of carboxylic acids is 1. The lowest BCUT2D eigenvalue weighted by atomic mass is 9.82. The molecule has 1 aromatic rings. The summed E-state index contributed by atoms with van der Waals surface area (Å²) in [6.07, 6.45) is 6.45. The van der Waals surface area contributed by atoms with E-state index in [-0.39, 0.29) is 11.9 Å². The van der Waals surface area contributed by atoms with Crippen LogP contribution in [0.2, 0.25) is 0 Å². The van der Waals surface area contributed by atoms with Crippen molar-refractivity contribution in [2.45, 2.75) is 32.2 Å². The van der Waals surface area contributed by atoms with Gasteiger partial charge in [0.1, 0.15) is 0 Å². The lowest BCUT2D eigenvalue weighted by Gasteiger charge is -2.26. The third kappa shape index (κ3) is 5.05. The largest absolute Gasteiger partial charge is 0.481 e. The lowest BCUT2D eigenvalue weighted by Crippen LogP contribution is -2.40. The normalized spacial score (nSPS) is 21.7. The van der Waals surface area contributed by atoms with Gasteiger partial charge in [0.15, 0.2) is 0 Å². The van der Waals surface area contributed by atoms with Crippen molar-refractivity contribution >= 4 is 12.0 Å². The summed E-state index contributed by atoms with van der Waals surface area (Å²) >= 11 is 0. The van der Waals surface area contributed by atoms with Gasteiger partial charge in [-0.15, -0.1) is 5.10 Å². The molecule has 8 nitrogen and oxygen atoms in total. The van der Waals surface area contributed by atoms with Crippen LogP contribution in [0.5, 0.6) is 0 Å². The summed E-state index contributed by atoms with van der Waals surface area (Å²) in [5.74, 6) is -0.535. The Bertz CT molecular complexity index is 454. The third-order valence-electron chi connectivity index (χ3n) is 3.85. The molecule has 0 radical (unpaired) electrons. The van der Waals surface area contributed by atoms with E-state index >= 15 is 0 Å². The first kappa shape index (κ1) is 15.3. The van der Waals surface area contributed by atoms with Gasteiger partial charge < -0.3 is 15.7 Å². The van der Waals surface area contributed by atoms with E-state index < -0.39 is 5.97 Å². The van der Waals surface area contributed by atoms with Crippen molar-refractivity contribution < 1.29 is 14.7 Å². The van der Waals surface area contributed by atoms with Crippen molar-refractivity contribution in [1.29, 1.82) is 0 Å². The summed E-state index contributed by atoms with van der Waals surface area (Å²) in [6, 6.07) is -0.199. The molecule has 0 saturated heterocycles. The van der Waals surface area contributed by atoms with Gasteiger partial charge >= 0.3 is 12.0 Å². The van der Waals surface area contributed by atoms with Gasteiger partial charge in [-0.25, -0.2) is 4.79 Å².